The first kappa shape index (κ1) is 25.3. The maximum Gasteiger partial charge on any atom is 0.245 e. The van der Waals surface area contributed by atoms with Crippen molar-refractivity contribution in [2.24, 2.45) is 17.3 Å². The molecule has 1 heterocycles. The Hall–Kier alpha value is -1.99. The first-order valence-corrected chi connectivity index (χ1v) is 11.7. The van der Waals surface area contributed by atoms with E-state index in [1.807, 2.05) is 30.9 Å². The fourth-order valence-electron chi connectivity index (χ4n) is 5.03. The monoisotopic (exact) mass is 444 g/mol. The third-order valence-corrected chi connectivity index (χ3v) is 7.02. The van der Waals surface area contributed by atoms with E-state index in [-0.39, 0.29) is 29.1 Å². The summed E-state index contributed by atoms with van der Waals surface area (Å²) in [6.45, 7) is 9.91. The van der Waals surface area contributed by atoms with Crippen molar-refractivity contribution >= 4 is 23.4 Å². The largest absolute Gasteiger partial charge is 0.344 e. The molecule has 1 aromatic rings. The van der Waals surface area contributed by atoms with Crippen molar-refractivity contribution in [1.29, 1.82) is 0 Å². The summed E-state index contributed by atoms with van der Waals surface area (Å²) in [6.07, 6.45) is 13.0. The number of terminal acetylenes is 1. The number of halogens is 1. The van der Waals surface area contributed by atoms with Crippen LogP contribution >= 0.6 is 11.6 Å². The smallest absolute Gasteiger partial charge is 0.245 e. The number of nitrogens with zero attached hydrogens (tertiary/aromatic N) is 1. The van der Waals surface area contributed by atoms with Crippen LogP contribution < -0.4 is 5.32 Å². The van der Waals surface area contributed by atoms with Gasteiger partial charge in [-0.05, 0) is 54.2 Å². The van der Waals surface area contributed by atoms with Gasteiger partial charge < -0.3 is 10.2 Å². The lowest BCUT2D eigenvalue weighted by Crippen LogP contribution is -2.56. The normalized spacial score (nSPS) is 21.8. The molecule has 0 radical (unpaired) electrons. The molecule has 1 saturated heterocycles. The minimum absolute atomic E-state index is 0.0429. The number of piperidine rings is 1. The van der Waals surface area contributed by atoms with Crippen LogP contribution in [0.3, 0.4) is 0 Å². The minimum Gasteiger partial charge on any atom is -0.344 e. The lowest BCUT2D eigenvalue weighted by atomic mass is 9.70. The van der Waals surface area contributed by atoms with Gasteiger partial charge in [0.15, 0.2) is 0 Å². The van der Waals surface area contributed by atoms with Crippen LogP contribution in [0.2, 0.25) is 5.02 Å². The molecule has 3 rings (SSSR count). The molecule has 2 atom stereocenters. The fourth-order valence-corrected chi connectivity index (χ4v) is 5.15. The van der Waals surface area contributed by atoms with Crippen LogP contribution in [0.5, 0.6) is 0 Å². The number of amides is 2. The molecule has 1 aromatic carbocycles. The zero-order chi connectivity index (χ0) is 23.2. The zero-order valence-corrected chi connectivity index (χ0v) is 20.1. The third kappa shape index (κ3) is 6.26. The predicted octanol–water partition coefficient (Wildman–Crippen LogP) is 5.26. The van der Waals surface area contributed by atoms with Crippen LogP contribution in [-0.4, -0.2) is 35.8 Å². The Kier molecular flexibility index (Phi) is 9.01. The summed E-state index contributed by atoms with van der Waals surface area (Å²) in [5, 5.41) is 3.83. The van der Waals surface area contributed by atoms with Crippen molar-refractivity contribution in [3.8, 4) is 12.8 Å². The molecule has 1 aliphatic heterocycles. The Morgan fingerprint density at radius 1 is 1.10 bits per heavy atom. The SMILES string of the molecule is C#C.CC(C)C(NC(=O)C1CCCC1)C(=O)N1CCC(c2ccc(Cl)cc2)C(C)(C)C1. The van der Waals surface area contributed by atoms with E-state index in [2.05, 4.69) is 44.1 Å². The molecule has 5 heteroatoms. The van der Waals surface area contributed by atoms with E-state index in [1.54, 1.807) is 0 Å². The summed E-state index contributed by atoms with van der Waals surface area (Å²) >= 11 is 6.05. The molecule has 2 fully saturated rings. The second-order valence-corrected chi connectivity index (χ2v) is 10.3. The highest BCUT2D eigenvalue weighted by Gasteiger charge is 2.41. The Morgan fingerprint density at radius 2 is 1.68 bits per heavy atom. The first-order valence-electron chi connectivity index (χ1n) is 11.4. The van der Waals surface area contributed by atoms with Gasteiger partial charge in [-0.1, -0.05) is 64.3 Å². The van der Waals surface area contributed by atoms with Gasteiger partial charge in [0.2, 0.25) is 11.8 Å². The van der Waals surface area contributed by atoms with Gasteiger partial charge in [-0.25, -0.2) is 0 Å². The van der Waals surface area contributed by atoms with Gasteiger partial charge in [-0.2, -0.15) is 0 Å². The zero-order valence-electron chi connectivity index (χ0n) is 19.4. The van der Waals surface area contributed by atoms with Gasteiger partial charge in [0.05, 0.1) is 0 Å². The van der Waals surface area contributed by atoms with Crippen molar-refractivity contribution in [1.82, 2.24) is 10.2 Å². The summed E-state index contributed by atoms with van der Waals surface area (Å²) in [5.74, 6) is 0.661. The Morgan fingerprint density at radius 3 is 2.19 bits per heavy atom. The van der Waals surface area contributed by atoms with Crippen molar-refractivity contribution in [2.45, 2.75) is 71.8 Å². The van der Waals surface area contributed by atoms with Gasteiger partial charge in [-0.3, -0.25) is 9.59 Å². The number of hydrogen-bond acceptors (Lipinski definition) is 2. The molecule has 4 nitrogen and oxygen atoms in total. The molecule has 31 heavy (non-hydrogen) atoms. The average Bonchev–Trinajstić information content (AvgIpc) is 3.28. The predicted molar refractivity (Wildman–Crippen MR) is 128 cm³/mol. The molecule has 1 N–H and O–H groups in total. The fraction of sp³-hybridized carbons (Fsp3) is 0.615. The molecular formula is C26H37ClN2O2. The van der Waals surface area contributed by atoms with Gasteiger partial charge in [0.1, 0.15) is 6.04 Å². The average molecular weight is 445 g/mol. The molecule has 170 valence electrons. The van der Waals surface area contributed by atoms with Crippen LogP contribution in [0.15, 0.2) is 24.3 Å². The van der Waals surface area contributed by atoms with E-state index in [0.29, 0.717) is 12.5 Å². The van der Waals surface area contributed by atoms with E-state index in [0.717, 1.165) is 43.7 Å². The summed E-state index contributed by atoms with van der Waals surface area (Å²) in [6, 6.07) is 7.65. The van der Waals surface area contributed by atoms with E-state index >= 15 is 0 Å². The number of nitrogens with one attached hydrogen (secondary N) is 1. The molecule has 0 aromatic heterocycles. The van der Waals surface area contributed by atoms with Gasteiger partial charge >= 0.3 is 0 Å². The maximum absolute atomic E-state index is 13.4. The van der Waals surface area contributed by atoms with Gasteiger partial charge in [0, 0.05) is 24.0 Å². The van der Waals surface area contributed by atoms with Crippen LogP contribution in [0.1, 0.15) is 71.3 Å². The first-order chi connectivity index (χ1) is 14.7. The number of carbonyl (C=O) groups excluding carboxylic acids is 2. The number of hydrogen-bond donors (Lipinski definition) is 1. The lowest BCUT2D eigenvalue weighted by molar-refractivity contribution is -0.141. The summed E-state index contributed by atoms with van der Waals surface area (Å²) in [5.41, 5.74) is 1.24. The van der Waals surface area contributed by atoms with Gasteiger partial charge in [0.25, 0.3) is 0 Å². The highest BCUT2D eigenvalue weighted by Crippen LogP contribution is 2.42. The Balaban J connectivity index is 0.00000166. The molecule has 1 aliphatic carbocycles. The Bertz CT molecular complexity index is 763. The number of likely N-dealkylation sites (tertiary alicyclic amines) is 1. The molecule has 0 bridgehead atoms. The lowest BCUT2D eigenvalue weighted by Gasteiger charge is -2.46. The topological polar surface area (TPSA) is 49.4 Å². The van der Waals surface area contributed by atoms with Crippen molar-refractivity contribution in [3.63, 3.8) is 0 Å². The van der Waals surface area contributed by atoms with Crippen LogP contribution in [0.25, 0.3) is 0 Å². The molecule has 2 amide bonds. The molecule has 1 saturated carbocycles. The highest BCUT2D eigenvalue weighted by molar-refractivity contribution is 6.30. The van der Waals surface area contributed by atoms with Crippen LogP contribution in [0, 0.1) is 30.1 Å². The van der Waals surface area contributed by atoms with Gasteiger partial charge in [-0.15, -0.1) is 12.8 Å². The van der Waals surface area contributed by atoms with E-state index < -0.39 is 6.04 Å². The van der Waals surface area contributed by atoms with Crippen molar-refractivity contribution in [2.75, 3.05) is 13.1 Å². The van der Waals surface area contributed by atoms with Crippen molar-refractivity contribution < 1.29 is 9.59 Å². The molecule has 0 spiro atoms. The van der Waals surface area contributed by atoms with E-state index in [4.69, 9.17) is 11.6 Å². The minimum atomic E-state index is -0.439. The summed E-state index contributed by atoms with van der Waals surface area (Å²) < 4.78 is 0. The third-order valence-electron chi connectivity index (χ3n) is 6.77. The second kappa shape index (κ2) is 11.0. The summed E-state index contributed by atoms with van der Waals surface area (Å²) in [4.78, 5) is 28.0. The van der Waals surface area contributed by atoms with Crippen molar-refractivity contribution in [3.05, 3.63) is 34.9 Å². The van der Waals surface area contributed by atoms with Crippen LogP contribution in [0.4, 0.5) is 0 Å². The van der Waals surface area contributed by atoms with Crippen LogP contribution in [-0.2, 0) is 9.59 Å². The molecule has 2 aliphatic rings. The highest BCUT2D eigenvalue weighted by atomic mass is 35.5. The van der Waals surface area contributed by atoms with E-state index in [1.165, 1.54) is 5.56 Å². The standard InChI is InChI=1S/C24H35ClN2O2.C2H2/c1-16(2)21(26-22(28)18-7-5-6-8-18)23(29)27-14-13-20(24(3,4)15-27)17-9-11-19(25)12-10-17;1-2/h9-12,16,18,20-21H,5-8,13-15H2,1-4H3,(H,26,28);1-2H. The molecule has 2 unspecified atom stereocenters. The Labute approximate surface area is 193 Å². The number of rotatable bonds is 5. The number of benzene rings is 1. The maximum atomic E-state index is 13.4. The quantitative estimate of drug-likeness (QED) is 0.629. The second-order valence-electron chi connectivity index (χ2n) is 9.85. The molecular weight excluding hydrogens is 408 g/mol. The number of carbonyl (C=O) groups is 2. The van der Waals surface area contributed by atoms with E-state index in [9.17, 15) is 9.59 Å². The summed E-state index contributed by atoms with van der Waals surface area (Å²) in [7, 11) is 0.